The van der Waals surface area contributed by atoms with Crippen LogP contribution < -0.4 is 5.73 Å². The summed E-state index contributed by atoms with van der Waals surface area (Å²) < 4.78 is 39.0. The Balaban J connectivity index is 1.67. The van der Waals surface area contributed by atoms with E-state index in [1.165, 1.54) is 12.1 Å². The maximum absolute atomic E-state index is 12.7. The van der Waals surface area contributed by atoms with E-state index in [0.717, 1.165) is 36.0 Å². The van der Waals surface area contributed by atoms with Crippen LogP contribution in [0.1, 0.15) is 36.4 Å². The molecule has 0 bridgehead atoms. The van der Waals surface area contributed by atoms with E-state index in [-0.39, 0.29) is 6.10 Å². The number of halogens is 4. The Labute approximate surface area is 157 Å². The number of hydrogen-bond acceptors (Lipinski definition) is 4. The Bertz CT molecular complexity index is 685. The number of amides is 1. The SMILES string of the molecule is NC(=O)C(c1ccc(C(F)(F)F)cc1)N1CCC([C@H]2CC(Br)=NO2)CC1. The fourth-order valence-corrected chi connectivity index (χ4v) is 3.98. The second kappa shape index (κ2) is 7.56. The van der Waals surface area contributed by atoms with Gasteiger partial charge in [-0.3, -0.25) is 9.69 Å². The molecule has 142 valence electrons. The number of primary amides is 1. The van der Waals surface area contributed by atoms with Gasteiger partial charge in [-0.25, -0.2) is 0 Å². The lowest BCUT2D eigenvalue weighted by Crippen LogP contribution is -2.44. The van der Waals surface area contributed by atoms with E-state index in [4.69, 9.17) is 10.6 Å². The van der Waals surface area contributed by atoms with E-state index < -0.39 is 23.7 Å². The predicted molar refractivity (Wildman–Crippen MR) is 93.5 cm³/mol. The minimum atomic E-state index is -4.41. The molecule has 0 aliphatic carbocycles. The van der Waals surface area contributed by atoms with Gasteiger partial charge in [-0.2, -0.15) is 13.2 Å². The van der Waals surface area contributed by atoms with Crippen LogP contribution in [0.2, 0.25) is 0 Å². The number of nitrogens with zero attached hydrogens (tertiary/aromatic N) is 2. The number of rotatable bonds is 4. The van der Waals surface area contributed by atoms with Crippen molar-refractivity contribution in [3.05, 3.63) is 35.4 Å². The quantitative estimate of drug-likeness (QED) is 0.790. The molecule has 1 saturated heterocycles. The molecule has 1 aromatic rings. The van der Waals surface area contributed by atoms with Gasteiger partial charge in [0, 0.05) is 12.3 Å². The number of carbonyl (C=O) groups excluding carboxylic acids is 1. The van der Waals surface area contributed by atoms with E-state index >= 15 is 0 Å². The zero-order chi connectivity index (χ0) is 18.9. The average molecular weight is 434 g/mol. The molecule has 5 nitrogen and oxygen atoms in total. The Morgan fingerprint density at radius 2 is 1.88 bits per heavy atom. The molecule has 26 heavy (non-hydrogen) atoms. The van der Waals surface area contributed by atoms with Crippen molar-refractivity contribution in [1.82, 2.24) is 4.90 Å². The number of likely N-dealkylation sites (tertiary alicyclic amines) is 1. The van der Waals surface area contributed by atoms with Crippen molar-refractivity contribution in [1.29, 1.82) is 0 Å². The third kappa shape index (κ3) is 4.20. The van der Waals surface area contributed by atoms with E-state index in [1.54, 1.807) is 0 Å². The Morgan fingerprint density at radius 3 is 2.35 bits per heavy atom. The van der Waals surface area contributed by atoms with Crippen molar-refractivity contribution in [3.8, 4) is 0 Å². The van der Waals surface area contributed by atoms with Gasteiger partial charge in [0.1, 0.15) is 16.8 Å². The summed E-state index contributed by atoms with van der Waals surface area (Å²) in [5, 5.41) is 3.90. The second-order valence-corrected chi connectivity index (χ2v) is 7.53. The average Bonchev–Trinajstić information content (AvgIpc) is 3.01. The minimum Gasteiger partial charge on any atom is -0.391 e. The van der Waals surface area contributed by atoms with Crippen molar-refractivity contribution >= 4 is 26.5 Å². The molecule has 0 spiro atoms. The first-order valence-electron chi connectivity index (χ1n) is 8.34. The van der Waals surface area contributed by atoms with Gasteiger partial charge in [0.2, 0.25) is 5.91 Å². The summed E-state index contributed by atoms with van der Waals surface area (Å²) in [6.45, 7) is 1.24. The summed E-state index contributed by atoms with van der Waals surface area (Å²) in [6.07, 6.45) is -2.01. The highest BCUT2D eigenvalue weighted by atomic mass is 79.9. The number of nitrogens with two attached hydrogens (primary N) is 1. The largest absolute Gasteiger partial charge is 0.416 e. The standard InChI is InChI=1S/C17H19BrF3N3O2/c18-14-9-13(26-23-14)10-5-7-24(8-6-10)15(16(22)25)11-1-3-12(4-2-11)17(19,20)21/h1-4,10,13,15H,5-9H2,(H2,22,25)/t13-,15?/m1/s1. The normalized spacial score (nSPS) is 23.4. The molecule has 9 heteroatoms. The Kier molecular flexibility index (Phi) is 5.57. The molecule has 1 aromatic carbocycles. The van der Waals surface area contributed by atoms with Gasteiger partial charge in [-0.05, 0) is 59.6 Å². The third-order valence-corrected chi connectivity index (χ3v) is 5.41. The molecule has 1 amide bonds. The number of hydrogen-bond donors (Lipinski definition) is 1. The summed E-state index contributed by atoms with van der Waals surface area (Å²) in [4.78, 5) is 19.3. The van der Waals surface area contributed by atoms with Gasteiger partial charge in [0.15, 0.2) is 0 Å². The molecular formula is C17H19BrF3N3O2. The Morgan fingerprint density at radius 1 is 1.27 bits per heavy atom. The lowest BCUT2D eigenvalue weighted by atomic mass is 9.88. The summed E-state index contributed by atoms with van der Waals surface area (Å²) in [5.74, 6) is -0.238. The third-order valence-electron chi connectivity index (χ3n) is 4.95. The van der Waals surface area contributed by atoms with Crippen LogP contribution in [-0.4, -0.2) is 34.6 Å². The molecular weight excluding hydrogens is 415 g/mol. The highest BCUT2D eigenvalue weighted by Gasteiger charge is 2.36. The van der Waals surface area contributed by atoms with Gasteiger partial charge in [-0.1, -0.05) is 17.3 Å². The highest BCUT2D eigenvalue weighted by molar-refractivity contribution is 9.18. The van der Waals surface area contributed by atoms with Gasteiger partial charge in [-0.15, -0.1) is 0 Å². The van der Waals surface area contributed by atoms with Crippen LogP contribution >= 0.6 is 15.9 Å². The van der Waals surface area contributed by atoms with Crippen molar-refractivity contribution < 1.29 is 22.8 Å². The first kappa shape index (κ1) is 19.2. The lowest BCUT2D eigenvalue weighted by molar-refractivity contribution is -0.137. The second-order valence-electron chi connectivity index (χ2n) is 6.61. The van der Waals surface area contributed by atoms with Crippen LogP contribution in [0.3, 0.4) is 0 Å². The van der Waals surface area contributed by atoms with Crippen LogP contribution in [0.25, 0.3) is 0 Å². The first-order chi connectivity index (χ1) is 12.3. The van der Waals surface area contributed by atoms with Crippen molar-refractivity contribution in [2.45, 2.75) is 37.6 Å². The van der Waals surface area contributed by atoms with Crippen LogP contribution in [0.5, 0.6) is 0 Å². The molecule has 2 heterocycles. The van der Waals surface area contributed by atoms with Crippen molar-refractivity contribution in [2.75, 3.05) is 13.1 Å². The first-order valence-corrected chi connectivity index (χ1v) is 9.13. The maximum atomic E-state index is 12.7. The summed E-state index contributed by atoms with van der Waals surface area (Å²) in [7, 11) is 0. The van der Waals surface area contributed by atoms with E-state index in [1.807, 2.05) is 4.90 Å². The molecule has 0 radical (unpaired) electrons. The number of piperidine rings is 1. The maximum Gasteiger partial charge on any atom is 0.416 e. The summed E-state index contributed by atoms with van der Waals surface area (Å²) >= 11 is 3.32. The molecule has 3 rings (SSSR count). The molecule has 1 unspecified atom stereocenters. The lowest BCUT2D eigenvalue weighted by Gasteiger charge is -2.37. The van der Waals surface area contributed by atoms with E-state index in [9.17, 15) is 18.0 Å². The number of oxime groups is 1. The molecule has 2 aliphatic heterocycles. The summed E-state index contributed by atoms with van der Waals surface area (Å²) in [6, 6.07) is 3.90. The van der Waals surface area contributed by atoms with Gasteiger partial charge in [0.25, 0.3) is 0 Å². The van der Waals surface area contributed by atoms with Gasteiger partial charge in [0.05, 0.1) is 5.56 Å². The number of alkyl halides is 3. The van der Waals surface area contributed by atoms with Gasteiger partial charge < -0.3 is 10.6 Å². The highest BCUT2D eigenvalue weighted by Crippen LogP contribution is 2.34. The van der Waals surface area contributed by atoms with E-state index in [0.29, 0.717) is 24.6 Å². The molecule has 1 fully saturated rings. The molecule has 2 aliphatic rings. The molecule has 2 N–H and O–H groups in total. The monoisotopic (exact) mass is 433 g/mol. The fraction of sp³-hybridized carbons (Fsp3) is 0.529. The molecule has 2 atom stereocenters. The molecule has 0 aromatic heterocycles. The Hall–Kier alpha value is -1.61. The number of benzene rings is 1. The molecule has 0 saturated carbocycles. The van der Waals surface area contributed by atoms with Crippen molar-refractivity contribution in [3.63, 3.8) is 0 Å². The minimum absolute atomic E-state index is 0.0321. The topological polar surface area (TPSA) is 67.9 Å². The zero-order valence-electron chi connectivity index (χ0n) is 13.9. The van der Waals surface area contributed by atoms with E-state index in [2.05, 4.69) is 21.1 Å². The predicted octanol–water partition coefficient (Wildman–Crippen LogP) is 3.44. The van der Waals surface area contributed by atoms with Crippen molar-refractivity contribution in [2.24, 2.45) is 16.8 Å². The fourth-order valence-electron chi connectivity index (χ4n) is 3.58. The van der Waals surface area contributed by atoms with Gasteiger partial charge >= 0.3 is 6.18 Å². The number of carbonyl (C=O) groups is 1. The van der Waals surface area contributed by atoms with Crippen LogP contribution in [0, 0.1) is 5.92 Å². The smallest absolute Gasteiger partial charge is 0.391 e. The summed E-state index contributed by atoms with van der Waals surface area (Å²) in [5.41, 5.74) is 5.28. The van der Waals surface area contributed by atoms with Crippen LogP contribution in [-0.2, 0) is 15.8 Å². The zero-order valence-corrected chi connectivity index (χ0v) is 15.5. The van der Waals surface area contributed by atoms with Crippen LogP contribution in [0.15, 0.2) is 29.4 Å². The van der Waals surface area contributed by atoms with Crippen LogP contribution in [0.4, 0.5) is 13.2 Å².